The number of amides is 2. The molecule has 0 saturated carbocycles. The first-order valence-electron chi connectivity index (χ1n) is 12.8. The Kier molecular flexibility index (Phi) is 6.62. The van der Waals surface area contributed by atoms with Crippen molar-refractivity contribution in [3.05, 3.63) is 69.9 Å². The van der Waals surface area contributed by atoms with Crippen LogP contribution < -0.4 is 0 Å². The molecule has 5 rings (SSSR count). The number of halogens is 1. The first kappa shape index (κ1) is 25.5. The number of likely N-dealkylation sites (N-methyl/N-ethyl adjacent to an activating group) is 1. The summed E-state index contributed by atoms with van der Waals surface area (Å²) < 4.78 is 1.76. The maximum absolute atomic E-state index is 13.8. The van der Waals surface area contributed by atoms with E-state index in [-0.39, 0.29) is 23.6 Å². The van der Waals surface area contributed by atoms with E-state index in [1.807, 2.05) is 4.90 Å². The van der Waals surface area contributed by atoms with E-state index in [1.54, 1.807) is 44.0 Å². The Labute approximate surface area is 222 Å². The molecule has 7 nitrogen and oxygen atoms in total. The number of nitrogens with zero attached hydrogens (tertiary/aromatic N) is 4. The van der Waals surface area contributed by atoms with Crippen LogP contribution in [-0.2, 0) is 18.3 Å². The Balaban J connectivity index is 1.43. The van der Waals surface area contributed by atoms with Gasteiger partial charge in [0, 0.05) is 63.9 Å². The summed E-state index contributed by atoms with van der Waals surface area (Å²) >= 11 is 6.63. The summed E-state index contributed by atoms with van der Waals surface area (Å²) in [4.78, 5) is 44.8. The highest BCUT2D eigenvalue weighted by Gasteiger charge is 2.39. The van der Waals surface area contributed by atoms with Gasteiger partial charge in [-0.15, -0.1) is 0 Å². The Hall–Kier alpha value is -3.16. The van der Waals surface area contributed by atoms with Crippen molar-refractivity contribution in [2.24, 2.45) is 7.05 Å². The van der Waals surface area contributed by atoms with Crippen LogP contribution in [0.2, 0.25) is 5.02 Å². The number of aryl methyl sites for hydroxylation is 2. The Morgan fingerprint density at radius 3 is 2.46 bits per heavy atom. The van der Waals surface area contributed by atoms with Gasteiger partial charge >= 0.3 is 0 Å². The third kappa shape index (κ3) is 4.34. The molecule has 2 heterocycles. The summed E-state index contributed by atoms with van der Waals surface area (Å²) in [6.07, 6.45) is 3.82. The Morgan fingerprint density at radius 2 is 1.73 bits per heavy atom. The summed E-state index contributed by atoms with van der Waals surface area (Å²) in [6, 6.07) is 12.6. The molecular formula is C29H33ClN4O3. The van der Waals surface area contributed by atoms with Crippen molar-refractivity contribution in [1.82, 2.24) is 19.3 Å². The van der Waals surface area contributed by atoms with Crippen molar-refractivity contribution in [1.29, 1.82) is 0 Å². The fourth-order valence-electron chi connectivity index (χ4n) is 5.97. The van der Waals surface area contributed by atoms with Gasteiger partial charge < -0.3 is 14.4 Å². The minimum Gasteiger partial charge on any atom is -0.350 e. The monoisotopic (exact) mass is 520 g/mol. The second-order valence-corrected chi connectivity index (χ2v) is 11.0. The van der Waals surface area contributed by atoms with Gasteiger partial charge in [-0.2, -0.15) is 0 Å². The first-order valence-corrected chi connectivity index (χ1v) is 13.1. The number of benzene rings is 2. The van der Waals surface area contributed by atoms with Crippen molar-refractivity contribution in [3.63, 3.8) is 0 Å². The van der Waals surface area contributed by atoms with Crippen LogP contribution in [0.25, 0.3) is 10.9 Å². The number of rotatable bonds is 4. The summed E-state index contributed by atoms with van der Waals surface area (Å²) in [5.41, 5.74) is 4.15. The maximum Gasteiger partial charge on any atom is 0.294 e. The number of Topliss-reactive ketones (excluding diaryl/α,β-unsaturated/α-hetero) is 1. The molecule has 0 bridgehead atoms. The number of carbonyl (C=O) groups excluding carboxylic acids is 3. The van der Waals surface area contributed by atoms with Crippen LogP contribution in [0.5, 0.6) is 0 Å². The van der Waals surface area contributed by atoms with Crippen LogP contribution >= 0.6 is 11.6 Å². The van der Waals surface area contributed by atoms with E-state index in [0.29, 0.717) is 34.1 Å². The molecule has 8 heteroatoms. The van der Waals surface area contributed by atoms with Gasteiger partial charge in [-0.1, -0.05) is 35.9 Å². The highest BCUT2D eigenvalue weighted by atomic mass is 35.5. The molecule has 1 aliphatic heterocycles. The van der Waals surface area contributed by atoms with Gasteiger partial charge in [-0.3, -0.25) is 19.3 Å². The third-order valence-electron chi connectivity index (χ3n) is 7.95. The quantitative estimate of drug-likeness (QED) is 0.379. The Bertz CT molecular complexity index is 1410. The van der Waals surface area contributed by atoms with Crippen molar-refractivity contribution in [2.75, 3.05) is 27.2 Å². The van der Waals surface area contributed by atoms with Crippen molar-refractivity contribution >= 4 is 40.1 Å². The molecule has 1 fully saturated rings. The Morgan fingerprint density at radius 1 is 1.00 bits per heavy atom. The van der Waals surface area contributed by atoms with E-state index in [2.05, 4.69) is 43.0 Å². The van der Waals surface area contributed by atoms with E-state index in [1.165, 1.54) is 16.0 Å². The zero-order valence-corrected chi connectivity index (χ0v) is 22.7. The lowest BCUT2D eigenvalue weighted by molar-refractivity contribution is -0.124. The van der Waals surface area contributed by atoms with Crippen LogP contribution in [0, 0.1) is 0 Å². The zero-order chi connectivity index (χ0) is 26.6. The molecule has 3 atom stereocenters. The molecule has 3 aromatic rings. The standard InChI is InChI=1S/C29H33ClN4O3/c1-17-15-34(18(2)14-33(17)25-11-10-19-8-6-7-9-20(19)25)28(36)22-12-21-23(27(35)29(37)31(3)4)16-32(5)26(21)13-24(22)30/h6-9,12-13,16-18,25H,10-11,14-15H2,1-5H3/t17-,18+,25?/m0/s1. The number of piperazine rings is 1. The van der Waals surface area contributed by atoms with Gasteiger partial charge in [0.1, 0.15) is 0 Å². The molecule has 37 heavy (non-hydrogen) atoms. The predicted molar refractivity (Wildman–Crippen MR) is 145 cm³/mol. The predicted octanol–water partition coefficient (Wildman–Crippen LogP) is 4.32. The van der Waals surface area contributed by atoms with E-state index >= 15 is 0 Å². The van der Waals surface area contributed by atoms with Gasteiger partial charge in [0.2, 0.25) is 0 Å². The van der Waals surface area contributed by atoms with E-state index in [0.717, 1.165) is 19.4 Å². The smallest absolute Gasteiger partial charge is 0.294 e. The third-order valence-corrected chi connectivity index (χ3v) is 8.26. The van der Waals surface area contributed by atoms with Crippen molar-refractivity contribution in [3.8, 4) is 0 Å². The van der Waals surface area contributed by atoms with Crippen molar-refractivity contribution < 1.29 is 14.4 Å². The molecule has 2 aromatic carbocycles. The second kappa shape index (κ2) is 9.62. The van der Waals surface area contributed by atoms with Gasteiger partial charge in [-0.05, 0) is 49.9 Å². The topological polar surface area (TPSA) is 65.9 Å². The maximum atomic E-state index is 13.8. The summed E-state index contributed by atoms with van der Waals surface area (Å²) in [5, 5.41) is 0.890. The molecule has 0 radical (unpaired) electrons. The molecule has 1 saturated heterocycles. The molecule has 2 aliphatic rings. The molecule has 1 aromatic heterocycles. The molecule has 1 aliphatic carbocycles. The lowest BCUT2D eigenvalue weighted by Gasteiger charge is -2.47. The van der Waals surface area contributed by atoms with E-state index in [4.69, 9.17) is 11.6 Å². The normalized spacial score (nSPS) is 21.8. The number of aromatic nitrogens is 1. The summed E-state index contributed by atoms with van der Waals surface area (Å²) in [5.74, 6) is -1.37. The highest BCUT2D eigenvalue weighted by Crippen LogP contribution is 2.39. The zero-order valence-electron chi connectivity index (χ0n) is 22.0. The summed E-state index contributed by atoms with van der Waals surface area (Å²) in [6.45, 7) is 5.63. The van der Waals surface area contributed by atoms with Crippen molar-refractivity contribution in [2.45, 2.75) is 44.8 Å². The number of hydrogen-bond donors (Lipinski definition) is 0. The fourth-order valence-corrected chi connectivity index (χ4v) is 6.21. The van der Waals surface area contributed by atoms with Crippen LogP contribution in [0.1, 0.15) is 58.2 Å². The summed E-state index contributed by atoms with van der Waals surface area (Å²) in [7, 11) is 4.88. The van der Waals surface area contributed by atoms with Gasteiger partial charge in [0.25, 0.3) is 17.6 Å². The van der Waals surface area contributed by atoms with E-state index in [9.17, 15) is 14.4 Å². The van der Waals surface area contributed by atoms with Gasteiger partial charge in [0.15, 0.2) is 0 Å². The van der Waals surface area contributed by atoms with Gasteiger partial charge in [-0.25, -0.2) is 0 Å². The molecule has 0 spiro atoms. The average Bonchev–Trinajstić information content (AvgIpc) is 3.44. The molecule has 2 amide bonds. The minimum atomic E-state index is -0.609. The lowest BCUT2D eigenvalue weighted by Crippen LogP contribution is -2.58. The van der Waals surface area contributed by atoms with Crippen LogP contribution in [0.4, 0.5) is 0 Å². The highest BCUT2D eigenvalue weighted by molar-refractivity contribution is 6.45. The van der Waals surface area contributed by atoms with Crippen LogP contribution in [-0.4, -0.2) is 76.1 Å². The SMILES string of the molecule is C[C@@H]1CN(C2CCc3ccccc32)[C@@H](C)CN1C(=O)c1cc2c(C(=O)C(=O)N(C)C)cn(C)c2cc1Cl. The lowest BCUT2D eigenvalue weighted by atomic mass is 9.99. The number of carbonyl (C=O) groups is 3. The number of fused-ring (bicyclic) bond motifs is 2. The molecular weight excluding hydrogens is 488 g/mol. The largest absolute Gasteiger partial charge is 0.350 e. The number of ketones is 1. The van der Waals surface area contributed by atoms with E-state index < -0.39 is 11.7 Å². The average molecular weight is 521 g/mol. The molecule has 1 unspecified atom stereocenters. The first-order chi connectivity index (χ1) is 17.6. The fraction of sp³-hybridized carbons (Fsp3) is 0.414. The number of hydrogen-bond acceptors (Lipinski definition) is 4. The second-order valence-electron chi connectivity index (χ2n) is 10.6. The van der Waals surface area contributed by atoms with Crippen LogP contribution in [0.3, 0.4) is 0 Å². The van der Waals surface area contributed by atoms with Crippen LogP contribution in [0.15, 0.2) is 42.6 Å². The van der Waals surface area contributed by atoms with Gasteiger partial charge in [0.05, 0.1) is 21.7 Å². The minimum absolute atomic E-state index is 0.00424. The molecule has 194 valence electrons. The molecule has 0 N–H and O–H groups in total.